The first-order valence-electron chi connectivity index (χ1n) is 6.84. The molecule has 120 valence electrons. The molecule has 6 heteroatoms. The Labute approximate surface area is 127 Å². The van der Waals surface area contributed by atoms with Crippen LogP contribution >= 0.6 is 0 Å². The van der Waals surface area contributed by atoms with E-state index in [0.29, 0.717) is 29.5 Å². The first-order valence-corrected chi connectivity index (χ1v) is 6.84. The fourth-order valence-electron chi connectivity index (χ4n) is 1.77. The molecule has 1 heterocycles. The normalized spacial score (nSPS) is 12.7. The Hall–Kier alpha value is -1.82. The van der Waals surface area contributed by atoms with Gasteiger partial charge in [-0.3, -0.25) is 0 Å². The summed E-state index contributed by atoms with van der Waals surface area (Å²) < 4.78 is 48.8. The van der Waals surface area contributed by atoms with Crippen LogP contribution < -0.4 is 0 Å². The van der Waals surface area contributed by atoms with Gasteiger partial charge in [-0.25, -0.2) is 4.98 Å². The van der Waals surface area contributed by atoms with Gasteiger partial charge in [0, 0.05) is 5.56 Å². The summed E-state index contributed by atoms with van der Waals surface area (Å²) in [5, 5.41) is 0. The van der Waals surface area contributed by atoms with Crippen LogP contribution in [-0.2, 0) is 17.5 Å². The van der Waals surface area contributed by atoms with E-state index in [4.69, 9.17) is 9.15 Å². The van der Waals surface area contributed by atoms with Gasteiger partial charge in [0.05, 0.1) is 17.8 Å². The minimum atomic E-state index is -4.35. The van der Waals surface area contributed by atoms with E-state index >= 15 is 0 Å². The van der Waals surface area contributed by atoms with Crippen molar-refractivity contribution in [2.24, 2.45) is 0 Å². The van der Waals surface area contributed by atoms with Crippen LogP contribution in [0.3, 0.4) is 0 Å². The summed E-state index contributed by atoms with van der Waals surface area (Å²) in [5.74, 6) is 0.887. The molecule has 0 spiro atoms. The highest BCUT2D eigenvalue weighted by molar-refractivity contribution is 5.54. The summed E-state index contributed by atoms with van der Waals surface area (Å²) >= 11 is 0. The number of rotatable bonds is 3. The average Bonchev–Trinajstić information content (AvgIpc) is 2.76. The zero-order valence-corrected chi connectivity index (χ0v) is 12.9. The van der Waals surface area contributed by atoms with Gasteiger partial charge in [0.15, 0.2) is 0 Å². The van der Waals surface area contributed by atoms with Crippen molar-refractivity contribution in [1.29, 1.82) is 0 Å². The van der Waals surface area contributed by atoms with Gasteiger partial charge in [0.1, 0.15) is 11.5 Å². The molecule has 22 heavy (non-hydrogen) atoms. The lowest BCUT2D eigenvalue weighted by molar-refractivity contribution is -0.137. The first kappa shape index (κ1) is 16.5. The van der Waals surface area contributed by atoms with E-state index in [-0.39, 0.29) is 5.60 Å². The fraction of sp³-hybridized carbons (Fsp3) is 0.438. The molecule has 0 atom stereocenters. The molecule has 0 saturated carbocycles. The van der Waals surface area contributed by atoms with E-state index in [1.54, 1.807) is 6.92 Å². The summed E-state index contributed by atoms with van der Waals surface area (Å²) in [6, 6.07) is 4.73. The topological polar surface area (TPSA) is 35.3 Å². The molecule has 1 aromatic heterocycles. The maximum atomic E-state index is 12.5. The van der Waals surface area contributed by atoms with Crippen molar-refractivity contribution < 1.29 is 22.3 Å². The second kappa shape index (κ2) is 5.76. The lowest BCUT2D eigenvalue weighted by Crippen LogP contribution is -2.19. The van der Waals surface area contributed by atoms with Crippen molar-refractivity contribution >= 4 is 0 Å². The highest BCUT2D eigenvalue weighted by Crippen LogP contribution is 2.31. The Morgan fingerprint density at radius 3 is 2.18 bits per heavy atom. The Kier molecular flexibility index (Phi) is 4.33. The third kappa shape index (κ3) is 4.10. The quantitative estimate of drug-likeness (QED) is 0.801. The molecule has 2 aromatic rings. The number of hydrogen-bond donors (Lipinski definition) is 0. The summed E-state index contributed by atoms with van der Waals surface area (Å²) in [4.78, 5) is 4.30. The van der Waals surface area contributed by atoms with E-state index in [0.717, 1.165) is 12.1 Å². The van der Waals surface area contributed by atoms with E-state index in [9.17, 15) is 13.2 Å². The molecule has 0 N–H and O–H groups in total. The van der Waals surface area contributed by atoms with Crippen LogP contribution in [0.25, 0.3) is 11.5 Å². The van der Waals surface area contributed by atoms with Crippen LogP contribution in [0.2, 0.25) is 0 Å². The number of halogens is 3. The molecule has 3 nitrogen and oxygen atoms in total. The molecule has 2 rings (SSSR count). The molecule has 0 amide bonds. The summed E-state index contributed by atoms with van der Waals surface area (Å²) in [6.07, 6.45) is -4.35. The van der Waals surface area contributed by atoms with Crippen molar-refractivity contribution in [2.45, 2.75) is 46.1 Å². The van der Waals surface area contributed by atoms with Gasteiger partial charge < -0.3 is 9.15 Å². The second-order valence-corrected chi connectivity index (χ2v) is 6.00. The number of oxazole rings is 1. The van der Waals surface area contributed by atoms with Crippen LogP contribution in [0.5, 0.6) is 0 Å². The third-order valence-electron chi connectivity index (χ3n) is 2.99. The number of hydrogen-bond acceptors (Lipinski definition) is 3. The molecule has 0 radical (unpaired) electrons. The highest BCUT2D eigenvalue weighted by Gasteiger charge is 2.30. The minimum Gasteiger partial charge on any atom is -0.441 e. The number of benzene rings is 1. The van der Waals surface area contributed by atoms with Gasteiger partial charge in [0.25, 0.3) is 0 Å². The van der Waals surface area contributed by atoms with Crippen LogP contribution in [-0.4, -0.2) is 10.6 Å². The van der Waals surface area contributed by atoms with Gasteiger partial charge >= 0.3 is 6.18 Å². The van der Waals surface area contributed by atoms with Gasteiger partial charge in [0.2, 0.25) is 5.89 Å². The maximum absolute atomic E-state index is 12.5. The van der Waals surface area contributed by atoms with E-state index in [1.165, 1.54) is 12.1 Å². The molecule has 0 aliphatic rings. The highest BCUT2D eigenvalue weighted by atomic mass is 19.4. The minimum absolute atomic E-state index is 0.290. The predicted molar refractivity (Wildman–Crippen MR) is 76.2 cm³/mol. The van der Waals surface area contributed by atoms with Crippen molar-refractivity contribution in [3.63, 3.8) is 0 Å². The lowest BCUT2D eigenvalue weighted by atomic mass is 10.1. The molecule has 0 unspecified atom stereocenters. The van der Waals surface area contributed by atoms with Crippen LogP contribution in [0.4, 0.5) is 13.2 Å². The Bertz CT molecular complexity index is 637. The van der Waals surface area contributed by atoms with Gasteiger partial charge in [-0.15, -0.1) is 0 Å². The van der Waals surface area contributed by atoms with E-state index < -0.39 is 11.7 Å². The van der Waals surface area contributed by atoms with Gasteiger partial charge in [-0.2, -0.15) is 13.2 Å². The number of aryl methyl sites for hydroxylation is 1. The molecule has 1 aromatic carbocycles. The standard InChI is InChI=1S/C16H18F3NO2/c1-10-13(9-21-15(2,3)4)20-14(22-10)11-5-7-12(8-6-11)16(17,18)19/h5-8H,9H2,1-4H3. The number of ether oxygens (including phenoxy) is 1. The van der Waals surface area contributed by atoms with Crippen LogP contribution in [0, 0.1) is 6.92 Å². The zero-order valence-electron chi connectivity index (χ0n) is 12.9. The van der Waals surface area contributed by atoms with Gasteiger partial charge in [-0.1, -0.05) is 0 Å². The van der Waals surface area contributed by atoms with Crippen molar-refractivity contribution in [1.82, 2.24) is 4.98 Å². The van der Waals surface area contributed by atoms with E-state index in [2.05, 4.69) is 4.98 Å². The smallest absolute Gasteiger partial charge is 0.416 e. The molecule has 0 fully saturated rings. The summed E-state index contributed by atoms with van der Waals surface area (Å²) in [5.41, 5.74) is 0.138. The maximum Gasteiger partial charge on any atom is 0.416 e. The summed E-state index contributed by atoms with van der Waals surface area (Å²) in [7, 11) is 0. The Balaban J connectivity index is 2.20. The molecule has 0 aliphatic heterocycles. The largest absolute Gasteiger partial charge is 0.441 e. The van der Waals surface area contributed by atoms with Crippen molar-refractivity contribution in [3.8, 4) is 11.5 Å². The monoisotopic (exact) mass is 313 g/mol. The third-order valence-corrected chi connectivity index (χ3v) is 2.99. The molecular weight excluding hydrogens is 295 g/mol. The SMILES string of the molecule is Cc1oc(-c2ccc(C(F)(F)F)cc2)nc1COC(C)(C)C. The van der Waals surface area contributed by atoms with Crippen molar-refractivity contribution in [2.75, 3.05) is 0 Å². The van der Waals surface area contributed by atoms with Gasteiger partial charge in [-0.05, 0) is 52.0 Å². The lowest BCUT2D eigenvalue weighted by Gasteiger charge is -2.18. The molecular formula is C16H18F3NO2. The predicted octanol–water partition coefficient (Wildman–Crippen LogP) is 4.98. The molecule has 0 saturated heterocycles. The van der Waals surface area contributed by atoms with Crippen LogP contribution in [0.1, 0.15) is 37.8 Å². The Morgan fingerprint density at radius 1 is 1.09 bits per heavy atom. The van der Waals surface area contributed by atoms with Crippen molar-refractivity contribution in [3.05, 3.63) is 41.3 Å². The van der Waals surface area contributed by atoms with Crippen LogP contribution in [0.15, 0.2) is 28.7 Å². The fourth-order valence-corrected chi connectivity index (χ4v) is 1.77. The first-order chi connectivity index (χ1) is 10.1. The van der Waals surface area contributed by atoms with E-state index in [1.807, 2.05) is 20.8 Å². The number of aromatic nitrogens is 1. The second-order valence-electron chi connectivity index (χ2n) is 6.00. The number of alkyl halides is 3. The summed E-state index contributed by atoms with van der Waals surface area (Å²) in [6.45, 7) is 7.83. The molecule has 0 bridgehead atoms. The average molecular weight is 313 g/mol. The molecule has 0 aliphatic carbocycles. The Morgan fingerprint density at radius 2 is 1.68 bits per heavy atom. The zero-order chi connectivity index (χ0) is 16.5. The number of nitrogens with zero attached hydrogens (tertiary/aromatic N) is 1.